The highest BCUT2D eigenvalue weighted by molar-refractivity contribution is 7.99. The van der Waals surface area contributed by atoms with Gasteiger partial charge in [0.1, 0.15) is 10.8 Å². The van der Waals surface area contributed by atoms with Crippen molar-refractivity contribution in [1.29, 1.82) is 0 Å². The lowest BCUT2D eigenvalue weighted by atomic mass is 10.3. The molecule has 0 fully saturated rings. The zero-order valence-corrected chi connectivity index (χ0v) is 11.5. The molecule has 100 valence electrons. The van der Waals surface area contributed by atoms with E-state index in [-0.39, 0.29) is 0 Å². The number of rotatable bonds is 4. The van der Waals surface area contributed by atoms with Gasteiger partial charge in [-0.2, -0.15) is 0 Å². The van der Waals surface area contributed by atoms with E-state index in [2.05, 4.69) is 15.4 Å². The number of nitrogens with one attached hydrogen (secondary N) is 1. The third-order valence-corrected chi connectivity index (χ3v) is 3.58. The lowest BCUT2D eigenvalue weighted by Crippen LogP contribution is -2.09. The average molecular weight is 300 g/mol. The van der Waals surface area contributed by atoms with E-state index in [1.54, 1.807) is 6.07 Å². The van der Waals surface area contributed by atoms with E-state index in [1.807, 2.05) is 6.26 Å². The minimum Gasteiger partial charge on any atom is -0.308 e. The Hall–Kier alpha value is -1.38. The highest BCUT2D eigenvalue weighted by atomic mass is 32.2. The molecule has 0 radical (unpaired) electrons. The van der Waals surface area contributed by atoms with Crippen molar-refractivity contribution in [3.05, 3.63) is 35.9 Å². The predicted molar refractivity (Wildman–Crippen MR) is 72.1 cm³/mol. The van der Waals surface area contributed by atoms with Crippen molar-refractivity contribution < 1.29 is 8.78 Å². The molecular weight excluding hydrogens is 290 g/mol. The molecule has 8 heteroatoms. The minimum absolute atomic E-state index is 0.462. The van der Waals surface area contributed by atoms with Gasteiger partial charge in [0.2, 0.25) is 0 Å². The van der Waals surface area contributed by atoms with Gasteiger partial charge in [-0.15, -0.1) is 0 Å². The van der Waals surface area contributed by atoms with Gasteiger partial charge in [-0.05, 0) is 24.5 Å². The Labute approximate surface area is 117 Å². The van der Waals surface area contributed by atoms with Crippen LogP contribution in [0.3, 0.4) is 0 Å². The van der Waals surface area contributed by atoms with E-state index < -0.39 is 11.6 Å². The quantitative estimate of drug-likeness (QED) is 0.298. The molecule has 3 N–H and O–H groups in total. The SMILES string of the molecule is CSc1nc(NN)cc(Sc2ccc(F)c(F)c2)n1. The van der Waals surface area contributed by atoms with Gasteiger partial charge in [0, 0.05) is 11.0 Å². The lowest BCUT2D eigenvalue weighted by molar-refractivity contribution is 0.506. The summed E-state index contributed by atoms with van der Waals surface area (Å²) in [6.07, 6.45) is 1.83. The molecule has 0 saturated carbocycles. The zero-order valence-electron chi connectivity index (χ0n) is 9.85. The molecule has 0 saturated heterocycles. The first-order valence-corrected chi connectivity index (χ1v) is 7.19. The van der Waals surface area contributed by atoms with Gasteiger partial charge < -0.3 is 5.43 Å². The minimum atomic E-state index is -0.888. The molecule has 0 atom stereocenters. The van der Waals surface area contributed by atoms with E-state index in [1.165, 1.54) is 29.6 Å². The van der Waals surface area contributed by atoms with Crippen LogP contribution in [0.1, 0.15) is 0 Å². The fourth-order valence-electron chi connectivity index (χ4n) is 1.28. The third kappa shape index (κ3) is 3.55. The lowest BCUT2D eigenvalue weighted by Gasteiger charge is -2.06. The van der Waals surface area contributed by atoms with Crippen molar-refractivity contribution in [2.75, 3.05) is 11.7 Å². The van der Waals surface area contributed by atoms with Crippen molar-refractivity contribution in [3.8, 4) is 0 Å². The Morgan fingerprint density at radius 1 is 1.16 bits per heavy atom. The number of aromatic nitrogens is 2. The number of thioether (sulfide) groups is 1. The van der Waals surface area contributed by atoms with Crippen molar-refractivity contribution in [2.24, 2.45) is 5.84 Å². The molecule has 1 aromatic carbocycles. The largest absolute Gasteiger partial charge is 0.308 e. The first-order valence-electron chi connectivity index (χ1n) is 5.15. The summed E-state index contributed by atoms with van der Waals surface area (Å²) in [5.41, 5.74) is 2.44. The van der Waals surface area contributed by atoms with E-state index in [4.69, 9.17) is 5.84 Å². The zero-order chi connectivity index (χ0) is 13.8. The van der Waals surface area contributed by atoms with Gasteiger partial charge in [0.25, 0.3) is 0 Å². The van der Waals surface area contributed by atoms with Crippen LogP contribution in [0.25, 0.3) is 0 Å². The molecule has 4 nitrogen and oxygen atoms in total. The number of hydrazine groups is 1. The van der Waals surface area contributed by atoms with E-state index >= 15 is 0 Å². The maximum absolute atomic E-state index is 13.1. The Balaban J connectivity index is 2.29. The van der Waals surface area contributed by atoms with Gasteiger partial charge in [-0.3, -0.25) is 0 Å². The first-order chi connectivity index (χ1) is 9.12. The molecule has 0 unspecified atom stereocenters. The van der Waals surface area contributed by atoms with Crippen LogP contribution in [-0.4, -0.2) is 16.2 Å². The van der Waals surface area contributed by atoms with Crippen molar-refractivity contribution in [3.63, 3.8) is 0 Å². The second kappa shape index (κ2) is 6.18. The van der Waals surface area contributed by atoms with Gasteiger partial charge >= 0.3 is 0 Å². The maximum Gasteiger partial charge on any atom is 0.190 e. The molecule has 0 bridgehead atoms. The summed E-state index contributed by atoms with van der Waals surface area (Å²) in [5, 5.41) is 1.14. The summed E-state index contributed by atoms with van der Waals surface area (Å²) in [7, 11) is 0. The molecule has 2 aromatic rings. The number of nitrogen functional groups attached to an aromatic ring is 1. The highest BCUT2D eigenvalue weighted by Gasteiger charge is 2.08. The van der Waals surface area contributed by atoms with E-state index in [0.29, 0.717) is 20.9 Å². The Morgan fingerprint density at radius 2 is 1.95 bits per heavy atom. The molecule has 0 aliphatic carbocycles. The van der Waals surface area contributed by atoms with Gasteiger partial charge in [-0.25, -0.2) is 24.6 Å². The van der Waals surface area contributed by atoms with E-state index in [9.17, 15) is 8.78 Å². The number of benzene rings is 1. The molecule has 1 aromatic heterocycles. The van der Waals surface area contributed by atoms with Gasteiger partial charge in [-0.1, -0.05) is 23.5 Å². The van der Waals surface area contributed by atoms with Crippen LogP contribution < -0.4 is 11.3 Å². The van der Waals surface area contributed by atoms with E-state index in [0.717, 1.165) is 12.1 Å². The molecular formula is C11H10F2N4S2. The molecule has 0 spiro atoms. The standard InChI is InChI=1S/C11H10F2N4S2/c1-18-11-15-9(17-14)5-10(16-11)19-6-2-3-7(12)8(13)4-6/h2-5H,14H2,1H3,(H,15,16,17). The van der Waals surface area contributed by atoms with Gasteiger partial charge in [0.05, 0.1) is 0 Å². The smallest absolute Gasteiger partial charge is 0.190 e. The Bertz CT molecular complexity index is 573. The number of nitrogens with zero attached hydrogens (tertiary/aromatic N) is 2. The van der Waals surface area contributed by atoms with Crippen LogP contribution >= 0.6 is 23.5 Å². The molecule has 0 aliphatic heterocycles. The summed E-state index contributed by atoms with van der Waals surface area (Å²) < 4.78 is 26.0. The second-order valence-electron chi connectivity index (χ2n) is 3.40. The Kier molecular flexibility index (Phi) is 4.56. The second-order valence-corrected chi connectivity index (χ2v) is 5.27. The summed E-state index contributed by atoms with van der Waals surface area (Å²) in [5.74, 6) is 4.01. The molecule has 2 rings (SSSR count). The van der Waals surface area contributed by atoms with Crippen LogP contribution in [0.15, 0.2) is 39.3 Å². The van der Waals surface area contributed by atoms with Crippen LogP contribution in [0.4, 0.5) is 14.6 Å². The number of hydrogen-bond acceptors (Lipinski definition) is 6. The van der Waals surface area contributed by atoms with Crippen molar-refractivity contribution >= 4 is 29.3 Å². The normalized spacial score (nSPS) is 10.5. The number of hydrogen-bond donors (Lipinski definition) is 2. The summed E-state index contributed by atoms with van der Waals surface area (Å²) in [4.78, 5) is 8.91. The highest BCUT2D eigenvalue weighted by Crippen LogP contribution is 2.29. The molecule has 0 amide bonds. The van der Waals surface area contributed by atoms with Crippen LogP contribution in [0, 0.1) is 11.6 Å². The first kappa shape index (κ1) is 14.0. The van der Waals surface area contributed by atoms with Crippen molar-refractivity contribution in [1.82, 2.24) is 9.97 Å². The fourth-order valence-corrected chi connectivity index (χ4v) is 2.56. The fraction of sp³-hybridized carbons (Fsp3) is 0.0909. The Morgan fingerprint density at radius 3 is 2.58 bits per heavy atom. The van der Waals surface area contributed by atoms with Gasteiger partial charge in [0.15, 0.2) is 16.8 Å². The summed E-state index contributed by atoms with van der Waals surface area (Å²) in [6, 6.07) is 5.32. The van der Waals surface area contributed by atoms with Crippen LogP contribution in [0.5, 0.6) is 0 Å². The summed E-state index contributed by atoms with van der Waals surface area (Å²) >= 11 is 2.57. The average Bonchev–Trinajstić information content (AvgIpc) is 2.42. The number of halogens is 2. The molecule has 0 aliphatic rings. The number of anilines is 1. The molecule has 19 heavy (non-hydrogen) atoms. The maximum atomic E-state index is 13.1. The van der Waals surface area contributed by atoms with Crippen molar-refractivity contribution in [2.45, 2.75) is 15.1 Å². The third-order valence-electron chi connectivity index (χ3n) is 2.13. The monoisotopic (exact) mass is 300 g/mol. The predicted octanol–water partition coefficient (Wildman–Crippen LogP) is 2.91. The van der Waals surface area contributed by atoms with Crippen LogP contribution in [-0.2, 0) is 0 Å². The number of nitrogens with two attached hydrogens (primary N) is 1. The topological polar surface area (TPSA) is 63.8 Å². The molecule has 1 heterocycles. The van der Waals surface area contributed by atoms with Crippen LogP contribution in [0.2, 0.25) is 0 Å². The summed E-state index contributed by atoms with van der Waals surface area (Å²) in [6.45, 7) is 0.